The summed E-state index contributed by atoms with van der Waals surface area (Å²) in [5.41, 5.74) is 3.17. The minimum atomic E-state index is -1.64. The number of anilines is 4. The zero-order chi connectivity index (χ0) is 96.0. The molecular weight excluding hydrogens is 1790 g/mol. The lowest BCUT2D eigenvalue weighted by molar-refractivity contribution is -0.140. The Morgan fingerprint density at radius 3 is 1.73 bits per heavy atom. The highest BCUT2D eigenvalue weighted by Gasteiger charge is 2.47. The number of fused-ring (bicyclic) bond motifs is 4. The van der Waals surface area contributed by atoms with Crippen LogP contribution in [0.2, 0.25) is 0 Å². The van der Waals surface area contributed by atoms with E-state index in [1.54, 1.807) is 61.2 Å². The number of Topliss-reactive ketones (excluding diaryl/α,β-unsaturated/α-hetero) is 2. The van der Waals surface area contributed by atoms with E-state index >= 15 is 0 Å². The monoisotopic (exact) mass is 1910 g/mol. The van der Waals surface area contributed by atoms with Gasteiger partial charge in [-0.2, -0.15) is 0 Å². The molecular formula is C92H123N11O29S2. The van der Waals surface area contributed by atoms with Crippen molar-refractivity contribution in [2.24, 2.45) is 5.92 Å². The highest BCUT2D eigenvalue weighted by Crippen LogP contribution is 2.43. The van der Waals surface area contributed by atoms with Crippen LogP contribution in [0.4, 0.5) is 32.3 Å². The summed E-state index contributed by atoms with van der Waals surface area (Å²) in [6.07, 6.45) is -1.44. The van der Waals surface area contributed by atoms with Crippen molar-refractivity contribution >= 4 is 129 Å². The second-order valence-electron chi connectivity index (χ2n) is 32.7. The molecule has 11 amide bonds. The van der Waals surface area contributed by atoms with Crippen molar-refractivity contribution in [3.05, 3.63) is 113 Å². The number of benzene rings is 4. The number of thioether (sulfide) groups is 2. The predicted molar refractivity (Wildman–Crippen MR) is 490 cm³/mol. The summed E-state index contributed by atoms with van der Waals surface area (Å²) >= 11 is 2.73. The van der Waals surface area contributed by atoms with E-state index < -0.39 is 107 Å². The second-order valence-corrected chi connectivity index (χ2v) is 35.3. The topological polar surface area (TPSA) is 497 Å². The normalized spacial score (nSPS) is 23.8. The van der Waals surface area contributed by atoms with Gasteiger partial charge in [0.2, 0.25) is 41.4 Å². The maximum atomic E-state index is 14.5. The Morgan fingerprint density at radius 2 is 1.13 bits per heavy atom. The summed E-state index contributed by atoms with van der Waals surface area (Å²) in [5.74, 6) is -6.70. The lowest BCUT2D eigenvalue weighted by Gasteiger charge is -2.31. The van der Waals surface area contributed by atoms with Crippen LogP contribution in [0.3, 0.4) is 0 Å². The maximum Gasteiger partial charge on any atom is 0.416 e. The van der Waals surface area contributed by atoms with Crippen LogP contribution in [-0.2, 0) is 109 Å². The van der Waals surface area contributed by atoms with Gasteiger partial charge in [-0.25, -0.2) is 14.5 Å². The molecule has 3 unspecified atom stereocenters. The molecule has 9 N–H and O–H groups in total. The first-order valence-corrected chi connectivity index (χ1v) is 47.0. The molecule has 12 rings (SSSR count). The van der Waals surface area contributed by atoms with Crippen molar-refractivity contribution in [2.45, 2.75) is 164 Å². The number of aliphatic hydroxyl groups excluding tert-OH is 1. The second kappa shape index (κ2) is 54.5. The van der Waals surface area contributed by atoms with E-state index in [2.05, 4.69) is 43.8 Å². The number of rotatable bonds is 14. The molecule has 0 saturated carbocycles. The van der Waals surface area contributed by atoms with Crippen molar-refractivity contribution in [3.8, 4) is 17.2 Å². The Labute approximate surface area is 785 Å². The molecule has 0 aromatic heterocycles. The first kappa shape index (κ1) is 105. The van der Waals surface area contributed by atoms with Crippen LogP contribution in [-0.4, -0.2) is 314 Å². The lowest BCUT2D eigenvalue weighted by Crippen LogP contribution is -2.53. The summed E-state index contributed by atoms with van der Waals surface area (Å²) in [4.78, 5) is 195. The molecule has 4 aromatic rings. The Kier molecular flexibility index (Phi) is 42.7. The molecule has 0 spiro atoms. The predicted octanol–water partition coefficient (Wildman–Crippen LogP) is 5.76. The number of nitrogens with zero attached hydrogens (tertiary/aromatic N) is 4. The Morgan fingerprint density at radius 1 is 0.567 bits per heavy atom. The number of unbranched alkanes of at least 4 members (excludes halogenated alkanes) is 2. The van der Waals surface area contributed by atoms with Gasteiger partial charge in [0.25, 0.3) is 11.8 Å². The van der Waals surface area contributed by atoms with E-state index in [1.165, 1.54) is 84.8 Å². The molecule has 3 fully saturated rings. The smallest absolute Gasteiger partial charge is 0.416 e. The number of methoxy groups -OCH3 is 2. The number of hydrogen-bond acceptors (Lipinski definition) is 30. The minimum Gasteiger partial charge on any atom is -0.493 e. The summed E-state index contributed by atoms with van der Waals surface area (Å²) in [5, 5.41) is 40.4. The Balaban J connectivity index is 0.776. The number of carbonyl (C=O) groups excluding carboxylic acids is 13. The first-order valence-electron chi connectivity index (χ1n) is 44.9. The van der Waals surface area contributed by atoms with Gasteiger partial charge in [-0.3, -0.25) is 62.4 Å². The first-order chi connectivity index (χ1) is 64.7. The Bertz CT molecular complexity index is 4710. The quantitative estimate of drug-likeness (QED) is 0.0535. The molecule has 8 aliphatic heterocycles. The molecule has 42 heteroatoms. The highest BCUT2D eigenvalue weighted by molar-refractivity contribution is 8.20. The van der Waals surface area contributed by atoms with Gasteiger partial charge in [-0.15, -0.1) is 23.5 Å². The molecule has 732 valence electrons. The van der Waals surface area contributed by atoms with Crippen LogP contribution < -0.4 is 61.2 Å². The van der Waals surface area contributed by atoms with Crippen LogP contribution in [0, 0.1) is 12.8 Å². The number of carboxylic acid groups (broad SMARTS) is 1. The number of aliphatic hydroxyl groups is 1. The number of carbonyl (C=O) groups is 14. The van der Waals surface area contributed by atoms with Gasteiger partial charge in [-0.05, 0) is 99.0 Å². The van der Waals surface area contributed by atoms with Crippen LogP contribution in [0.1, 0.15) is 135 Å². The number of aliphatic carboxylic acids is 1. The molecule has 0 radical (unpaired) electrons. The van der Waals surface area contributed by atoms with Gasteiger partial charge < -0.3 is 119 Å². The summed E-state index contributed by atoms with van der Waals surface area (Å²) in [7, 11) is 2.92. The van der Waals surface area contributed by atoms with Gasteiger partial charge in [0.1, 0.15) is 48.2 Å². The zero-order valence-corrected chi connectivity index (χ0v) is 77.9. The van der Waals surface area contributed by atoms with Gasteiger partial charge in [0.05, 0.1) is 160 Å². The Hall–Kier alpha value is -11.1. The highest BCUT2D eigenvalue weighted by atomic mass is 32.2. The molecule has 40 nitrogen and oxygen atoms in total. The fraction of sp³-hybridized carbons (Fsp3) is 0.565. The van der Waals surface area contributed by atoms with E-state index in [9.17, 15) is 77.3 Å². The summed E-state index contributed by atoms with van der Waals surface area (Å²) < 4.78 is 74.1. The average Bonchev–Trinajstić information content (AvgIpc) is 1.58. The van der Waals surface area contributed by atoms with Crippen LogP contribution >= 0.6 is 23.5 Å². The fourth-order valence-corrected chi connectivity index (χ4v) is 18.4. The molecule has 3 saturated heterocycles. The summed E-state index contributed by atoms with van der Waals surface area (Å²) in [6, 6.07) is 13.6. The number of ketones is 2. The third-order valence-corrected chi connectivity index (χ3v) is 25.6. The number of amides is 11. The number of nitrogens with one attached hydrogen (secondary N) is 7. The van der Waals surface area contributed by atoms with Gasteiger partial charge in [-0.1, -0.05) is 56.2 Å². The number of aryl methyl sites for hydroxylation is 1. The molecule has 0 aliphatic carbocycles. The summed E-state index contributed by atoms with van der Waals surface area (Å²) in [6.45, 7) is 11.6. The van der Waals surface area contributed by atoms with Crippen molar-refractivity contribution < 1.29 is 139 Å². The third-order valence-electron chi connectivity index (χ3n) is 22.6. The van der Waals surface area contributed by atoms with E-state index in [-0.39, 0.29) is 271 Å². The third kappa shape index (κ3) is 32.1. The largest absolute Gasteiger partial charge is 0.493 e. The number of carboxylic acids is 1. The average molecular weight is 1910 g/mol. The number of hydrogen-bond donors (Lipinski definition) is 9. The van der Waals surface area contributed by atoms with E-state index in [0.29, 0.717) is 78.3 Å². The van der Waals surface area contributed by atoms with Gasteiger partial charge in [0, 0.05) is 106 Å². The number of ether oxygens (including phenoxy) is 13. The van der Waals surface area contributed by atoms with Crippen molar-refractivity contribution in [1.82, 2.24) is 36.4 Å². The van der Waals surface area contributed by atoms with Crippen molar-refractivity contribution in [2.75, 3.05) is 185 Å². The fourth-order valence-electron chi connectivity index (χ4n) is 15.4. The SMILES string of the molecule is C=C1C[C@H]2C(O)N3C(=O)OCc4ccc(cc4)NC(=O)[C@H](C)CC(=O)[C@H](C)NC(=O)CCOCCOCCOCCNC(=O)C4SCSC4C(=O)NCCOCCOCCOCCC(=O)N[C@@H](CCCCCC(=O)COCCOC)C(=O)N[C@@H](CC(=O)O)C(=O)Nc4ccc(cc4)COC(=O)N4C[C@@H]5CCCN5C(=O)c5cc(OC)c(cc54)OCCCOc4cc3c(cc4C)C(=O)N2C1. The van der Waals surface area contributed by atoms with Gasteiger partial charge in [0.15, 0.2) is 29.3 Å². The molecule has 8 heterocycles. The maximum absolute atomic E-state index is 14.5. The lowest BCUT2D eigenvalue weighted by atomic mass is 10.00. The molecule has 134 heavy (non-hydrogen) atoms. The molecule has 8 bridgehead atoms. The van der Waals surface area contributed by atoms with E-state index in [4.69, 9.17) is 61.6 Å². The standard InChI is InChI=1S/C92H123N11O29S2/c1-57-44-73-90(117)103-72-50-75(58(2)45-67(72)89(116)101(73)51-57)129-28-11-29-130-77-49-71-68(47-76(77)121-6)88(115)100-27-10-12-65(100)52-102(71)91(118)131-53-61-17-21-64(22-18-61)97-85(112)70(48-80(108)109)99-84(111)69(14-9-7-8-13-66(104)55-128-35-34-120-5)98-79(107)24-31-123-37-41-127-43-39-125-33-26-94-87(114)82-81(133-56-134-82)86(113)93-25-32-124-38-42-126-40-36-122-30-23-78(106)95-60(4)74(105)46-59(3)83(110)96-63-19-15-62(16-20-63)54-132-92(103)119/h15-22,45,47,49-50,59-60,65,69-70,73,81-82,90,117H,1,7-14,23-44,46,48,51-56H2,2-6H3,(H,93,113)(H,94,114)(H,95,106)(H,96,110)(H,97,112)(H,98,107)(H,99,111)(H,108,109)/t59-,60+,65+,69+,70+,73+,81?,82?,90?/m1/s1. The van der Waals surface area contributed by atoms with E-state index in [1.807, 2.05) is 0 Å². The van der Waals surface area contributed by atoms with E-state index in [0.717, 1.165) is 4.90 Å². The van der Waals surface area contributed by atoms with Crippen LogP contribution in [0.25, 0.3) is 0 Å². The molecule has 8 aliphatic rings. The molecule has 4 aromatic carbocycles. The van der Waals surface area contributed by atoms with Crippen molar-refractivity contribution in [3.63, 3.8) is 0 Å². The van der Waals surface area contributed by atoms with Crippen molar-refractivity contribution in [1.29, 1.82) is 0 Å². The minimum absolute atomic E-state index is 0.00394. The van der Waals surface area contributed by atoms with Crippen LogP contribution in [0.15, 0.2) is 84.9 Å². The van der Waals surface area contributed by atoms with Crippen LogP contribution in [0.5, 0.6) is 17.2 Å². The van der Waals surface area contributed by atoms with Gasteiger partial charge >= 0.3 is 18.2 Å². The zero-order valence-electron chi connectivity index (χ0n) is 76.2. The molecule has 9 atom stereocenters.